The highest BCUT2D eigenvalue weighted by Crippen LogP contribution is 2.34. The van der Waals surface area contributed by atoms with Crippen LogP contribution < -0.4 is 0 Å². The molecule has 0 aliphatic rings. The van der Waals surface area contributed by atoms with Gasteiger partial charge in [0, 0.05) is 5.56 Å². The van der Waals surface area contributed by atoms with E-state index in [1.165, 1.54) is 6.92 Å². The van der Waals surface area contributed by atoms with Crippen molar-refractivity contribution in [1.29, 1.82) is 0 Å². The van der Waals surface area contributed by atoms with Gasteiger partial charge >= 0.3 is 8.60 Å². The molecule has 120 valence electrons. The van der Waals surface area contributed by atoms with E-state index in [9.17, 15) is 9.90 Å². The zero-order valence-electron chi connectivity index (χ0n) is 12.1. The molecule has 1 heterocycles. The average molecular weight is 335 g/mol. The van der Waals surface area contributed by atoms with Gasteiger partial charge in [0.25, 0.3) is 0 Å². The van der Waals surface area contributed by atoms with Gasteiger partial charge in [0.15, 0.2) is 12.1 Å². The number of carbonyl (C=O) groups is 1. The minimum absolute atomic E-state index is 0.0584. The van der Waals surface area contributed by atoms with Gasteiger partial charge in [0.1, 0.15) is 5.75 Å². The second kappa shape index (κ2) is 7.85. The summed E-state index contributed by atoms with van der Waals surface area (Å²) in [6, 6.07) is 8.87. The normalized spacial score (nSPS) is 11.3. The van der Waals surface area contributed by atoms with Crippen molar-refractivity contribution in [3.63, 3.8) is 0 Å². The summed E-state index contributed by atoms with van der Waals surface area (Å²) in [5, 5.41) is 17.9. The molecular formula is C14H14N3O5P. The average Bonchev–Trinajstić information content (AvgIpc) is 2.55. The number of carbonyl (C=O) groups excluding carboxylic acids is 1. The van der Waals surface area contributed by atoms with Crippen LogP contribution in [0.15, 0.2) is 40.6 Å². The fourth-order valence-electron chi connectivity index (χ4n) is 1.81. The molecule has 0 fully saturated rings. The van der Waals surface area contributed by atoms with Gasteiger partial charge in [-0.1, -0.05) is 18.2 Å². The van der Waals surface area contributed by atoms with Crippen LogP contribution in [0, 0.1) is 6.92 Å². The summed E-state index contributed by atoms with van der Waals surface area (Å²) in [6.45, 7) is 1.16. The van der Waals surface area contributed by atoms with E-state index in [4.69, 9.17) is 14.3 Å². The van der Waals surface area contributed by atoms with Gasteiger partial charge in [-0.25, -0.2) is 4.98 Å². The maximum atomic E-state index is 11.2. The number of nitrogens with zero attached hydrogens (tertiary/aromatic N) is 3. The van der Waals surface area contributed by atoms with Crippen LogP contribution in [0.5, 0.6) is 5.75 Å². The van der Waals surface area contributed by atoms with Crippen molar-refractivity contribution in [2.24, 2.45) is 10.2 Å². The topological polar surface area (TPSA) is 125 Å². The number of rotatable bonds is 6. The number of benzene rings is 1. The maximum Gasteiger partial charge on any atom is 0.327 e. The molecule has 0 atom stereocenters. The van der Waals surface area contributed by atoms with Gasteiger partial charge in [-0.05, 0) is 19.1 Å². The quantitative estimate of drug-likeness (QED) is 0.423. The molecule has 3 N–H and O–H groups in total. The summed E-state index contributed by atoms with van der Waals surface area (Å²) >= 11 is 0. The molecule has 0 spiro atoms. The molecule has 2 rings (SSSR count). The number of azo groups is 1. The fourth-order valence-corrected chi connectivity index (χ4v) is 2.06. The first kappa shape index (κ1) is 17.1. The highest BCUT2D eigenvalue weighted by Gasteiger charge is 2.18. The van der Waals surface area contributed by atoms with Crippen molar-refractivity contribution in [2.45, 2.75) is 13.5 Å². The number of pyridine rings is 1. The third-order valence-electron chi connectivity index (χ3n) is 2.93. The van der Waals surface area contributed by atoms with Crippen molar-refractivity contribution >= 4 is 26.4 Å². The second-order valence-corrected chi connectivity index (χ2v) is 5.20. The van der Waals surface area contributed by atoms with E-state index >= 15 is 0 Å². The number of hydrogen-bond donors (Lipinski definition) is 3. The highest BCUT2D eigenvalue weighted by molar-refractivity contribution is 7.39. The van der Waals surface area contributed by atoms with Crippen LogP contribution in [-0.4, -0.2) is 26.2 Å². The van der Waals surface area contributed by atoms with Crippen molar-refractivity contribution in [3.05, 3.63) is 47.2 Å². The zero-order chi connectivity index (χ0) is 16.8. The molecule has 0 aliphatic heterocycles. The first-order chi connectivity index (χ1) is 11.0. The molecule has 0 unspecified atom stereocenters. The van der Waals surface area contributed by atoms with Gasteiger partial charge in [0.2, 0.25) is 0 Å². The Kier molecular flexibility index (Phi) is 5.84. The minimum Gasteiger partial charge on any atom is -0.505 e. The van der Waals surface area contributed by atoms with E-state index in [2.05, 4.69) is 15.2 Å². The Morgan fingerprint density at radius 3 is 2.57 bits per heavy atom. The molecule has 0 saturated heterocycles. The van der Waals surface area contributed by atoms with Crippen molar-refractivity contribution in [3.8, 4) is 5.75 Å². The van der Waals surface area contributed by atoms with Crippen LogP contribution in [0.3, 0.4) is 0 Å². The van der Waals surface area contributed by atoms with Crippen molar-refractivity contribution in [1.82, 2.24) is 4.98 Å². The zero-order valence-corrected chi connectivity index (χ0v) is 13.0. The summed E-state index contributed by atoms with van der Waals surface area (Å²) in [5.41, 5.74) is 0.828. The molecule has 0 saturated carbocycles. The van der Waals surface area contributed by atoms with Gasteiger partial charge in [0.05, 0.1) is 23.6 Å². The first-order valence-electron chi connectivity index (χ1n) is 6.48. The third-order valence-corrected chi connectivity index (χ3v) is 3.29. The summed E-state index contributed by atoms with van der Waals surface area (Å²) in [5.74, 6) is -0.249. The number of hydrogen-bond acceptors (Lipinski definition) is 8. The van der Waals surface area contributed by atoms with E-state index in [1.54, 1.807) is 24.3 Å². The molecule has 1 aromatic heterocycles. The van der Waals surface area contributed by atoms with E-state index in [-0.39, 0.29) is 35.0 Å². The number of aromatic nitrogens is 1. The van der Waals surface area contributed by atoms with Crippen LogP contribution in [0.2, 0.25) is 0 Å². The smallest absolute Gasteiger partial charge is 0.327 e. The summed E-state index contributed by atoms with van der Waals surface area (Å²) in [6.07, 6.45) is 0.432. The van der Waals surface area contributed by atoms with E-state index in [1.807, 2.05) is 6.07 Å². The third kappa shape index (κ3) is 4.37. The Labute approximate surface area is 133 Å². The Hall–Kier alpha value is -2.25. The highest BCUT2D eigenvalue weighted by atomic mass is 31.2. The summed E-state index contributed by atoms with van der Waals surface area (Å²) in [7, 11) is -2.62. The summed E-state index contributed by atoms with van der Waals surface area (Å²) < 4.78 is 4.72. The Morgan fingerprint density at radius 1 is 1.26 bits per heavy atom. The lowest BCUT2D eigenvalue weighted by atomic mass is 10.1. The maximum absolute atomic E-state index is 11.2. The van der Waals surface area contributed by atoms with Gasteiger partial charge in [-0.15, -0.1) is 10.2 Å². The SMILES string of the molecule is Cc1nc(/N=N/c2ccccc2)c(COP(O)O)c(C=O)c1O. The lowest BCUT2D eigenvalue weighted by Crippen LogP contribution is -2.00. The Morgan fingerprint density at radius 2 is 1.96 bits per heavy atom. The molecule has 0 bridgehead atoms. The Bertz CT molecular complexity index is 722. The van der Waals surface area contributed by atoms with Crippen LogP contribution in [0.25, 0.3) is 0 Å². The number of aldehydes is 1. The van der Waals surface area contributed by atoms with Crippen LogP contribution in [0.4, 0.5) is 11.5 Å². The molecule has 8 nitrogen and oxygen atoms in total. The number of aromatic hydroxyl groups is 1. The predicted octanol–water partition coefficient (Wildman–Crippen LogP) is 3.05. The molecule has 0 amide bonds. The largest absolute Gasteiger partial charge is 0.505 e. The van der Waals surface area contributed by atoms with Crippen LogP contribution in [-0.2, 0) is 11.1 Å². The lowest BCUT2D eigenvalue weighted by Gasteiger charge is -2.11. The molecule has 1 aromatic carbocycles. The lowest BCUT2D eigenvalue weighted by molar-refractivity contribution is 0.111. The van der Waals surface area contributed by atoms with Gasteiger partial charge < -0.3 is 19.4 Å². The van der Waals surface area contributed by atoms with E-state index in [0.717, 1.165) is 0 Å². The monoisotopic (exact) mass is 335 g/mol. The van der Waals surface area contributed by atoms with Crippen LogP contribution >= 0.6 is 8.60 Å². The first-order valence-corrected chi connectivity index (χ1v) is 7.64. The van der Waals surface area contributed by atoms with Crippen molar-refractivity contribution < 1.29 is 24.2 Å². The molecule has 2 aromatic rings. The summed E-state index contributed by atoms with van der Waals surface area (Å²) in [4.78, 5) is 33.1. The number of aryl methyl sites for hydroxylation is 1. The van der Waals surface area contributed by atoms with Gasteiger partial charge in [-0.3, -0.25) is 4.79 Å². The molecular weight excluding hydrogens is 321 g/mol. The van der Waals surface area contributed by atoms with E-state index in [0.29, 0.717) is 12.0 Å². The standard InChI is InChI=1S/C14H14N3O5P/c1-9-13(19)11(7-18)12(8-22-23(20)21)14(15-9)17-16-10-5-3-2-4-6-10/h2-7,19-21H,8H2,1H3/b17-16+. The predicted molar refractivity (Wildman–Crippen MR) is 82.8 cm³/mol. The van der Waals surface area contributed by atoms with Crippen LogP contribution in [0.1, 0.15) is 21.6 Å². The second-order valence-electron chi connectivity index (χ2n) is 4.44. The molecule has 9 heteroatoms. The van der Waals surface area contributed by atoms with E-state index < -0.39 is 8.60 Å². The minimum atomic E-state index is -2.62. The molecule has 23 heavy (non-hydrogen) atoms. The van der Waals surface area contributed by atoms with Crippen molar-refractivity contribution in [2.75, 3.05) is 0 Å². The molecule has 0 aliphatic carbocycles. The molecule has 0 radical (unpaired) electrons. The Balaban J connectivity index is 2.45. The fraction of sp³-hybridized carbons (Fsp3) is 0.143. The van der Waals surface area contributed by atoms with Gasteiger partial charge in [-0.2, -0.15) is 0 Å².